The SMILES string of the molecule is CC.CC.CC(C)(C)C(C)(C)c1ccccc1. The third-order valence-electron chi connectivity index (χ3n) is 3.37. The van der Waals surface area contributed by atoms with Gasteiger partial charge in [0.25, 0.3) is 0 Å². The molecule has 0 spiro atoms. The van der Waals surface area contributed by atoms with Crippen molar-refractivity contribution in [3.63, 3.8) is 0 Å². The van der Waals surface area contributed by atoms with Crippen molar-refractivity contribution in [2.24, 2.45) is 5.41 Å². The molecule has 0 amide bonds. The van der Waals surface area contributed by atoms with E-state index in [0.29, 0.717) is 5.41 Å². The average molecular weight is 236 g/mol. The lowest BCUT2D eigenvalue weighted by molar-refractivity contribution is 0.225. The molecule has 1 aromatic carbocycles. The van der Waals surface area contributed by atoms with Gasteiger partial charge in [0.05, 0.1) is 0 Å². The predicted octanol–water partition coefficient (Wildman–Crippen LogP) is 6.06. The first-order chi connectivity index (χ1) is 7.86. The summed E-state index contributed by atoms with van der Waals surface area (Å²) in [6.45, 7) is 19.5. The van der Waals surface area contributed by atoms with Gasteiger partial charge in [0.1, 0.15) is 0 Å². The third kappa shape index (κ3) is 5.39. The molecule has 100 valence electrons. The minimum Gasteiger partial charge on any atom is -0.0683 e. The van der Waals surface area contributed by atoms with E-state index < -0.39 is 0 Å². The molecule has 0 heterocycles. The molecule has 0 saturated carbocycles. The summed E-state index contributed by atoms with van der Waals surface area (Å²) < 4.78 is 0. The van der Waals surface area contributed by atoms with E-state index in [9.17, 15) is 0 Å². The highest BCUT2D eigenvalue weighted by Crippen LogP contribution is 2.40. The zero-order chi connectivity index (χ0) is 14.1. The van der Waals surface area contributed by atoms with E-state index >= 15 is 0 Å². The molecular weight excluding hydrogens is 204 g/mol. The van der Waals surface area contributed by atoms with Crippen molar-refractivity contribution in [3.8, 4) is 0 Å². The van der Waals surface area contributed by atoms with Gasteiger partial charge >= 0.3 is 0 Å². The Kier molecular flexibility index (Phi) is 9.11. The second-order valence-electron chi connectivity index (χ2n) is 5.24. The fourth-order valence-electron chi connectivity index (χ4n) is 1.29. The number of rotatable bonds is 1. The quantitative estimate of drug-likeness (QED) is 0.555. The average Bonchev–Trinajstić information content (AvgIpc) is 2.34. The highest BCUT2D eigenvalue weighted by Gasteiger charge is 2.33. The van der Waals surface area contributed by atoms with Crippen molar-refractivity contribution in [3.05, 3.63) is 35.9 Å². The third-order valence-corrected chi connectivity index (χ3v) is 3.37. The number of hydrogen-bond acceptors (Lipinski definition) is 0. The van der Waals surface area contributed by atoms with Crippen LogP contribution in [0, 0.1) is 5.41 Å². The van der Waals surface area contributed by atoms with Gasteiger partial charge < -0.3 is 0 Å². The van der Waals surface area contributed by atoms with Crippen LogP contribution in [0.4, 0.5) is 0 Å². The van der Waals surface area contributed by atoms with Gasteiger partial charge in [-0.1, -0.05) is 92.6 Å². The van der Waals surface area contributed by atoms with Crippen LogP contribution in [0.1, 0.15) is 67.9 Å². The van der Waals surface area contributed by atoms with Gasteiger partial charge in [-0.25, -0.2) is 0 Å². The monoisotopic (exact) mass is 236 g/mol. The van der Waals surface area contributed by atoms with Crippen LogP contribution in [-0.4, -0.2) is 0 Å². The molecule has 0 N–H and O–H groups in total. The Balaban J connectivity index is 0. The molecule has 17 heavy (non-hydrogen) atoms. The minimum atomic E-state index is 0.230. The molecular formula is C17H32. The van der Waals surface area contributed by atoms with Gasteiger partial charge in [-0.3, -0.25) is 0 Å². The maximum atomic E-state index is 2.31. The number of benzene rings is 1. The predicted molar refractivity (Wildman–Crippen MR) is 81.6 cm³/mol. The molecule has 0 aliphatic carbocycles. The molecule has 0 bridgehead atoms. The molecule has 0 aliphatic heterocycles. The van der Waals surface area contributed by atoms with E-state index in [1.54, 1.807) is 0 Å². The van der Waals surface area contributed by atoms with Crippen molar-refractivity contribution < 1.29 is 0 Å². The largest absolute Gasteiger partial charge is 0.0683 e. The van der Waals surface area contributed by atoms with Gasteiger partial charge in [-0.2, -0.15) is 0 Å². The Bertz CT molecular complexity index is 262. The maximum absolute atomic E-state index is 2.31. The first kappa shape index (κ1) is 18.6. The van der Waals surface area contributed by atoms with Crippen molar-refractivity contribution >= 4 is 0 Å². The van der Waals surface area contributed by atoms with Crippen molar-refractivity contribution in [2.45, 2.75) is 67.7 Å². The molecule has 0 unspecified atom stereocenters. The smallest absolute Gasteiger partial charge is 0.00551 e. The first-order valence-corrected chi connectivity index (χ1v) is 6.91. The second-order valence-corrected chi connectivity index (χ2v) is 5.24. The lowest BCUT2D eigenvalue weighted by atomic mass is 9.65. The summed E-state index contributed by atoms with van der Waals surface area (Å²) in [5.74, 6) is 0. The van der Waals surface area contributed by atoms with Gasteiger partial charge in [0.15, 0.2) is 0 Å². The standard InChI is InChI=1S/C13H20.2C2H6/c1-12(2,3)13(4,5)11-9-7-6-8-10-11;2*1-2/h6-10H,1-5H3;2*1-2H3. The highest BCUT2D eigenvalue weighted by molar-refractivity contribution is 5.25. The molecule has 0 heteroatoms. The fourth-order valence-corrected chi connectivity index (χ4v) is 1.29. The molecule has 0 saturated heterocycles. The van der Waals surface area contributed by atoms with Crippen LogP contribution in [0.2, 0.25) is 0 Å². The summed E-state index contributed by atoms with van der Waals surface area (Å²) in [7, 11) is 0. The summed E-state index contributed by atoms with van der Waals surface area (Å²) in [6, 6.07) is 10.7. The molecule has 0 nitrogen and oxygen atoms in total. The zero-order valence-corrected chi connectivity index (χ0v) is 13.4. The fraction of sp³-hybridized carbons (Fsp3) is 0.647. The van der Waals surface area contributed by atoms with Crippen LogP contribution < -0.4 is 0 Å². The van der Waals surface area contributed by atoms with E-state index in [1.807, 2.05) is 27.7 Å². The summed E-state index contributed by atoms with van der Waals surface area (Å²) in [5.41, 5.74) is 1.95. The van der Waals surface area contributed by atoms with Gasteiger partial charge in [0, 0.05) is 0 Å². The molecule has 0 fully saturated rings. The lowest BCUT2D eigenvalue weighted by Crippen LogP contribution is -2.33. The van der Waals surface area contributed by atoms with E-state index in [0.717, 1.165) is 0 Å². The first-order valence-electron chi connectivity index (χ1n) is 6.91. The molecule has 0 aliphatic rings. The normalized spacial score (nSPS) is 10.6. The van der Waals surface area contributed by atoms with Crippen molar-refractivity contribution in [2.75, 3.05) is 0 Å². The summed E-state index contributed by atoms with van der Waals surface area (Å²) in [5, 5.41) is 0. The van der Waals surface area contributed by atoms with Crippen LogP contribution in [0.5, 0.6) is 0 Å². The lowest BCUT2D eigenvalue weighted by Gasteiger charge is -2.39. The van der Waals surface area contributed by atoms with E-state index in [2.05, 4.69) is 65.0 Å². The van der Waals surface area contributed by atoms with Gasteiger partial charge in [0.2, 0.25) is 0 Å². The highest BCUT2D eigenvalue weighted by atomic mass is 14.4. The van der Waals surface area contributed by atoms with E-state index in [4.69, 9.17) is 0 Å². The van der Waals surface area contributed by atoms with Crippen molar-refractivity contribution in [1.82, 2.24) is 0 Å². The molecule has 0 atom stereocenters. The Morgan fingerprint density at radius 3 is 1.29 bits per heavy atom. The topological polar surface area (TPSA) is 0 Å². The molecule has 0 aromatic heterocycles. The second kappa shape index (κ2) is 8.33. The Morgan fingerprint density at radius 1 is 0.647 bits per heavy atom. The molecule has 1 rings (SSSR count). The van der Waals surface area contributed by atoms with E-state index in [1.165, 1.54) is 5.56 Å². The Morgan fingerprint density at radius 2 is 1.00 bits per heavy atom. The Labute approximate surface area is 109 Å². The number of hydrogen-bond donors (Lipinski definition) is 0. The van der Waals surface area contributed by atoms with Crippen LogP contribution in [0.15, 0.2) is 30.3 Å². The van der Waals surface area contributed by atoms with Gasteiger partial charge in [-0.15, -0.1) is 0 Å². The summed E-state index contributed by atoms with van der Waals surface area (Å²) in [6.07, 6.45) is 0. The van der Waals surface area contributed by atoms with Crippen LogP contribution in [0.25, 0.3) is 0 Å². The summed E-state index contributed by atoms with van der Waals surface area (Å²) in [4.78, 5) is 0. The van der Waals surface area contributed by atoms with Crippen LogP contribution >= 0.6 is 0 Å². The van der Waals surface area contributed by atoms with E-state index in [-0.39, 0.29) is 5.41 Å². The Hall–Kier alpha value is -0.780. The zero-order valence-electron chi connectivity index (χ0n) is 13.4. The molecule has 1 aromatic rings. The minimum absolute atomic E-state index is 0.230. The van der Waals surface area contributed by atoms with Crippen LogP contribution in [-0.2, 0) is 5.41 Å². The maximum Gasteiger partial charge on any atom is -0.00551 e. The van der Waals surface area contributed by atoms with Gasteiger partial charge in [-0.05, 0) is 16.4 Å². The molecule has 0 radical (unpaired) electrons. The summed E-state index contributed by atoms with van der Waals surface area (Å²) >= 11 is 0. The van der Waals surface area contributed by atoms with Crippen molar-refractivity contribution in [1.29, 1.82) is 0 Å². The van der Waals surface area contributed by atoms with Crippen LogP contribution in [0.3, 0.4) is 0 Å².